The highest BCUT2D eigenvalue weighted by molar-refractivity contribution is 6.30. The molecular formula is C15H13ClN4O2. The van der Waals surface area contributed by atoms with E-state index in [0.717, 1.165) is 11.3 Å². The fraction of sp³-hybridized carbons (Fsp3) is 0.133. The topological polar surface area (TPSA) is 83.8 Å². The number of halogens is 1. The van der Waals surface area contributed by atoms with Crippen LogP contribution in [0.5, 0.6) is 0 Å². The Balaban J connectivity index is 1.91. The number of carbonyl (C=O) groups is 1. The third-order valence-electron chi connectivity index (χ3n) is 3.31. The third-order valence-corrected chi connectivity index (χ3v) is 3.57. The number of nitrogens with one attached hydrogen (secondary N) is 2. The largest absolute Gasteiger partial charge is 0.365 e. The molecule has 1 aromatic carbocycles. The van der Waals surface area contributed by atoms with E-state index < -0.39 is 6.04 Å². The zero-order chi connectivity index (χ0) is 15.5. The van der Waals surface area contributed by atoms with Crippen molar-refractivity contribution in [1.82, 2.24) is 20.4 Å². The standard InChI is InChI=1S/C15H13ClN4O2/c1-9-12(6-7-17-9)15(21)19-13(14-18-8-22-20-14)10-2-4-11(16)5-3-10/h2-8,13,17H,1H3,(H,19,21)/t13-/m0/s1. The van der Waals surface area contributed by atoms with E-state index in [1.54, 1.807) is 24.4 Å². The first kappa shape index (κ1) is 14.3. The van der Waals surface area contributed by atoms with E-state index in [1.165, 1.54) is 6.39 Å². The Hall–Kier alpha value is -2.60. The minimum Gasteiger partial charge on any atom is -0.365 e. The fourth-order valence-electron chi connectivity index (χ4n) is 2.17. The number of carbonyl (C=O) groups excluding carboxylic acids is 1. The van der Waals surface area contributed by atoms with Crippen molar-refractivity contribution in [2.45, 2.75) is 13.0 Å². The smallest absolute Gasteiger partial charge is 0.253 e. The van der Waals surface area contributed by atoms with Gasteiger partial charge in [-0.3, -0.25) is 4.79 Å². The Bertz CT molecular complexity index is 765. The quantitative estimate of drug-likeness (QED) is 0.775. The van der Waals surface area contributed by atoms with Crippen molar-refractivity contribution < 1.29 is 9.32 Å². The lowest BCUT2D eigenvalue weighted by Gasteiger charge is -2.16. The number of nitrogens with zero attached hydrogens (tertiary/aromatic N) is 2. The summed E-state index contributed by atoms with van der Waals surface area (Å²) in [5.74, 6) is 0.160. The molecule has 22 heavy (non-hydrogen) atoms. The Kier molecular flexibility index (Phi) is 3.93. The van der Waals surface area contributed by atoms with Gasteiger partial charge in [-0.15, -0.1) is 0 Å². The van der Waals surface area contributed by atoms with Crippen LogP contribution in [0.1, 0.15) is 33.5 Å². The Morgan fingerprint density at radius 1 is 1.32 bits per heavy atom. The molecule has 0 saturated carbocycles. The lowest BCUT2D eigenvalue weighted by Crippen LogP contribution is -2.30. The zero-order valence-corrected chi connectivity index (χ0v) is 12.5. The number of amides is 1. The summed E-state index contributed by atoms with van der Waals surface area (Å²) in [7, 11) is 0. The van der Waals surface area contributed by atoms with Crippen molar-refractivity contribution in [3.8, 4) is 0 Å². The maximum atomic E-state index is 12.4. The Morgan fingerprint density at radius 2 is 2.09 bits per heavy atom. The number of aryl methyl sites for hydroxylation is 1. The summed E-state index contributed by atoms with van der Waals surface area (Å²) >= 11 is 5.91. The Morgan fingerprint density at radius 3 is 2.68 bits per heavy atom. The first-order chi connectivity index (χ1) is 10.6. The predicted molar refractivity (Wildman–Crippen MR) is 80.6 cm³/mol. The third kappa shape index (κ3) is 2.87. The number of hydrogen-bond donors (Lipinski definition) is 2. The van der Waals surface area contributed by atoms with Crippen molar-refractivity contribution in [3.63, 3.8) is 0 Å². The molecule has 3 aromatic rings. The van der Waals surface area contributed by atoms with Gasteiger partial charge in [-0.05, 0) is 30.7 Å². The Labute approximate surface area is 131 Å². The van der Waals surface area contributed by atoms with Crippen LogP contribution < -0.4 is 5.32 Å². The highest BCUT2D eigenvalue weighted by atomic mass is 35.5. The lowest BCUT2D eigenvalue weighted by atomic mass is 10.1. The summed E-state index contributed by atoms with van der Waals surface area (Å²) < 4.78 is 4.79. The van der Waals surface area contributed by atoms with E-state index in [9.17, 15) is 4.79 Å². The zero-order valence-electron chi connectivity index (χ0n) is 11.7. The SMILES string of the molecule is Cc1[nH]ccc1C(=O)N[C@@H](c1ccc(Cl)cc1)c1ncon1. The molecular weight excluding hydrogens is 304 g/mol. The van der Waals surface area contributed by atoms with Crippen LogP contribution in [-0.2, 0) is 0 Å². The van der Waals surface area contributed by atoms with Gasteiger partial charge in [-0.1, -0.05) is 28.9 Å². The van der Waals surface area contributed by atoms with Crippen LogP contribution in [0.2, 0.25) is 5.02 Å². The first-order valence-electron chi connectivity index (χ1n) is 6.61. The summed E-state index contributed by atoms with van der Waals surface area (Å²) in [5.41, 5.74) is 2.18. The molecule has 3 rings (SSSR count). The van der Waals surface area contributed by atoms with Gasteiger partial charge in [0.1, 0.15) is 6.04 Å². The molecule has 6 nitrogen and oxygen atoms in total. The van der Waals surface area contributed by atoms with Crippen molar-refractivity contribution >= 4 is 17.5 Å². The molecule has 0 bridgehead atoms. The van der Waals surface area contributed by atoms with E-state index in [2.05, 4.69) is 20.4 Å². The molecule has 112 valence electrons. The van der Waals surface area contributed by atoms with Gasteiger partial charge in [0.2, 0.25) is 6.39 Å². The molecule has 1 amide bonds. The van der Waals surface area contributed by atoms with Crippen molar-refractivity contribution in [2.75, 3.05) is 0 Å². The maximum Gasteiger partial charge on any atom is 0.253 e. The second-order valence-electron chi connectivity index (χ2n) is 4.76. The van der Waals surface area contributed by atoms with E-state index in [0.29, 0.717) is 16.4 Å². The summed E-state index contributed by atoms with van der Waals surface area (Å²) in [6.07, 6.45) is 2.95. The molecule has 0 aliphatic rings. The maximum absolute atomic E-state index is 12.4. The lowest BCUT2D eigenvalue weighted by molar-refractivity contribution is 0.0940. The summed E-state index contributed by atoms with van der Waals surface area (Å²) in [6.45, 7) is 1.83. The number of aromatic amines is 1. The molecule has 0 radical (unpaired) electrons. The molecule has 0 spiro atoms. The molecule has 0 aliphatic carbocycles. The van der Waals surface area contributed by atoms with Crippen LogP contribution >= 0.6 is 11.6 Å². The average Bonchev–Trinajstić information content (AvgIpc) is 3.17. The number of hydrogen-bond acceptors (Lipinski definition) is 4. The van der Waals surface area contributed by atoms with Crippen molar-refractivity contribution in [3.05, 3.63) is 70.6 Å². The molecule has 0 saturated heterocycles. The van der Waals surface area contributed by atoms with Crippen LogP contribution in [0.15, 0.2) is 47.4 Å². The summed E-state index contributed by atoms with van der Waals surface area (Å²) in [5, 5.41) is 7.36. The minimum atomic E-state index is -0.516. The van der Waals surface area contributed by atoms with Crippen LogP contribution in [0.25, 0.3) is 0 Å². The van der Waals surface area contributed by atoms with Crippen molar-refractivity contribution in [2.24, 2.45) is 0 Å². The summed E-state index contributed by atoms with van der Waals surface area (Å²) in [4.78, 5) is 19.4. The second-order valence-corrected chi connectivity index (χ2v) is 5.20. The second kappa shape index (κ2) is 6.03. The van der Waals surface area contributed by atoms with Gasteiger partial charge in [-0.25, -0.2) is 0 Å². The van der Waals surface area contributed by atoms with E-state index >= 15 is 0 Å². The van der Waals surface area contributed by atoms with Gasteiger partial charge in [0.05, 0.1) is 5.56 Å². The highest BCUT2D eigenvalue weighted by Crippen LogP contribution is 2.22. The molecule has 2 heterocycles. The van der Waals surface area contributed by atoms with Gasteiger partial charge in [0.15, 0.2) is 5.82 Å². The first-order valence-corrected chi connectivity index (χ1v) is 6.99. The van der Waals surface area contributed by atoms with E-state index in [4.69, 9.17) is 16.1 Å². The fourth-order valence-corrected chi connectivity index (χ4v) is 2.29. The molecule has 0 fully saturated rings. The van der Waals surface area contributed by atoms with Gasteiger partial charge >= 0.3 is 0 Å². The van der Waals surface area contributed by atoms with Crippen LogP contribution in [0, 0.1) is 6.92 Å². The van der Waals surface area contributed by atoms with Gasteiger partial charge < -0.3 is 14.8 Å². The van der Waals surface area contributed by atoms with Gasteiger partial charge in [0, 0.05) is 16.9 Å². The van der Waals surface area contributed by atoms with Crippen LogP contribution in [-0.4, -0.2) is 21.0 Å². The van der Waals surface area contributed by atoms with Crippen LogP contribution in [0.3, 0.4) is 0 Å². The molecule has 7 heteroatoms. The van der Waals surface area contributed by atoms with Gasteiger partial charge in [-0.2, -0.15) is 4.98 Å². The number of rotatable bonds is 4. The molecule has 2 aromatic heterocycles. The summed E-state index contributed by atoms with van der Waals surface area (Å²) in [6, 6.07) is 8.33. The molecule has 0 unspecified atom stereocenters. The predicted octanol–water partition coefficient (Wildman–Crippen LogP) is 2.88. The average molecular weight is 317 g/mol. The number of benzene rings is 1. The van der Waals surface area contributed by atoms with E-state index in [-0.39, 0.29) is 5.91 Å². The van der Waals surface area contributed by atoms with Gasteiger partial charge in [0.25, 0.3) is 5.91 Å². The number of aromatic nitrogens is 3. The number of H-pyrrole nitrogens is 1. The van der Waals surface area contributed by atoms with Crippen LogP contribution in [0.4, 0.5) is 0 Å². The highest BCUT2D eigenvalue weighted by Gasteiger charge is 2.22. The molecule has 2 N–H and O–H groups in total. The minimum absolute atomic E-state index is 0.219. The normalized spacial score (nSPS) is 12.1. The monoisotopic (exact) mass is 316 g/mol. The molecule has 1 atom stereocenters. The molecule has 0 aliphatic heterocycles. The van der Waals surface area contributed by atoms with E-state index in [1.807, 2.05) is 19.1 Å². The van der Waals surface area contributed by atoms with Crippen molar-refractivity contribution in [1.29, 1.82) is 0 Å².